The number of urea groups is 1. The van der Waals surface area contributed by atoms with E-state index in [2.05, 4.69) is 57.1 Å². The van der Waals surface area contributed by atoms with Crippen LogP contribution in [0.25, 0.3) is 10.1 Å². The Morgan fingerprint density at radius 3 is 2.51 bits per heavy atom. The average molecular weight is 491 g/mol. The van der Waals surface area contributed by atoms with Crippen molar-refractivity contribution in [2.24, 2.45) is 5.92 Å². The van der Waals surface area contributed by atoms with Gasteiger partial charge in [-0.2, -0.15) is 0 Å². The number of thiophene rings is 1. The van der Waals surface area contributed by atoms with E-state index in [1.807, 2.05) is 41.7 Å². The van der Waals surface area contributed by atoms with Gasteiger partial charge in [0.15, 0.2) is 0 Å². The average Bonchev–Trinajstić information content (AvgIpc) is 3.39. The lowest BCUT2D eigenvalue weighted by Gasteiger charge is -2.40. The molecule has 2 N–H and O–H groups in total. The first-order chi connectivity index (χ1) is 17.2. The van der Waals surface area contributed by atoms with Gasteiger partial charge in [0.2, 0.25) is 0 Å². The van der Waals surface area contributed by atoms with E-state index >= 15 is 0 Å². The van der Waals surface area contributed by atoms with Crippen molar-refractivity contribution in [3.63, 3.8) is 0 Å². The standard InChI is InChI=1S/C29H38N4OS/c1-32(25-14-17-33(18-15-25)27-8-5-9-28-26(27)16-19-35-28)21-23-10-12-24(13-11-23)31-29(34)30-20-22-6-3-2-4-7-22/h2-9,16,19,23-25H,10-15,17-18,20-21H2,1H3,(H2,30,31,34). The summed E-state index contributed by atoms with van der Waals surface area (Å²) in [6.45, 7) is 4.03. The van der Waals surface area contributed by atoms with Gasteiger partial charge in [-0.25, -0.2) is 4.79 Å². The van der Waals surface area contributed by atoms with Gasteiger partial charge < -0.3 is 20.4 Å². The first-order valence-corrected chi connectivity index (χ1v) is 14.0. The molecule has 2 aliphatic rings. The number of anilines is 1. The Morgan fingerprint density at radius 2 is 1.74 bits per heavy atom. The zero-order chi connectivity index (χ0) is 24.0. The minimum atomic E-state index is -0.0423. The van der Waals surface area contributed by atoms with Crippen LogP contribution in [0.5, 0.6) is 0 Å². The number of rotatable bonds is 7. The molecule has 0 spiro atoms. The van der Waals surface area contributed by atoms with E-state index in [9.17, 15) is 4.79 Å². The summed E-state index contributed by atoms with van der Waals surface area (Å²) in [4.78, 5) is 17.5. The highest BCUT2D eigenvalue weighted by molar-refractivity contribution is 7.17. The van der Waals surface area contributed by atoms with E-state index in [1.54, 1.807) is 0 Å². The maximum Gasteiger partial charge on any atom is 0.315 e. The number of hydrogen-bond donors (Lipinski definition) is 2. The van der Waals surface area contributed by atoms with E-state index in [-0.39, 0.29) is 6.03 Å². The lowest BCUT2D eigenvalue weighted by molar-refractivity contribution is 0.153. The van der Waals surface area contributed by atoms with Gasteiger partial charge in [-0.15, -0.1) is 11.3 Å². The number of piperidine rings is 1. The molecule has 35 heavy (non-hydrogen) atoms. The number of benzene rings is 2. The second kappa shape index (κ2) is 11.4. The lowest BCUT2D eigenvalue weighted by atomic mass is 9.85. The minimum absolute atomic E-state index is 0.0423. The molecule has 1 saturated heterocycles. The molecule has 0 radical (unpaired) electrons. The summed E-state index contributed by atoms with van der Waals surface area (Å²) in [7, 11) is 2.32. The van der Waals surface area contributed by atoms with Crippen LogP contribution in [-0.2, 0) is 6.54 Å². The number of hydrogen-bond acceptors (Lipinski definition) is 4. The summed E-state index contributed by atoms with van der Waals surface area (Å²) in [6, 6.07) is 20.0. The van der Waals surface area contributed by atoms with Crippen molar-refractivity contribution in [2.45, 2.75) is 57.2 Å². The summed E-state index contributed by atoms with van der Waals surface area (Å²) in [5.74, 6) is 0.739. The fraction of sp³-hybridized carbons (Fsp3) is 0.483. The molecule has 5 rings (SSSR count). The molecule has 5 nitrogen and oxygen atoms in total. The van der Waals surface area contributed by atoms with Crippen molar-refractivity contribution in [3.05, 3.63) is 65.5 Å². The van der Waals surface area contributed by atoms with Crippen molar-refractivity contribution in [3.8, 4) is 0 Å². The van der Waals surface area contributed by atoms with Gasteiger partial charge in [0.05, 0.1) is 0 Å². The van der Waals surface area contributed by atoms with Crippen LogP contribution in [0.2, 0.25) is 0 Å². The molecule has 3 aromatic rings. The van der Waals surface area contributed by atoms with Crippen molar-refractivity contribution >= 4 is 33.1 Å². The molecule has 1 aliphatic heterocycles. The molecule has 2 heterocycles. The van der Waals surface area contributed by atoms with Gasteiger partial charge in [0.1, 0.15) is 0 Å². The van der Waals surface area contributed by atoms with Crippen LogP contribution in [0.3, 0.4) is 0 Å². The van der Waals surface area contributed by atoms with E-state index in [1.165, 1.54) is 48.0 Å². The maximum absolute atomic E-state index is 12.3. The van der Waals surface area contributed by atoms with Crippen LogP contribution >= 0.6 is 11.3 Å². The summed E-state index contributed by atoms with van der Waals surface area (Å²) in [5.41, 5.74) is 2.53. The Hall–Kier alpha value is -2.57. The van der Waals surface area contributed by atoms with Crippen molar-refractivity contribution in [1.29, 1.82) is 0 Å². The third-order valence-corrected chi connectivity index (χ3v) is 8.81. The Balaban J connectivity index is 1.02. The second-order valence-corrected chi connectivity index (χ2v) is 11.2. The Morgan fingerprint density at radius 1 is 0.971 bits per heavy atom. The van der Waals surface area contributed by atoms with Gasteiger partial charge in [-0.3, -0.25) is 0 Å². The van der Waals surface area contributed by atoms with Crippen LogP contribution in [0.1, 0.15) is 44.1 Å². The normalized spacial score (nSPS) is 21.4. The molecule has 1 aromatic heterocycles. The number of fused-ring (bicyclic) bond motifs is 1. The zero-order valence-electron chi connectivity index (χ0n) is 20.8. The molecule has 1 aliphatic carbocycles. The van der Waals surface area contributed by atoms with Gasteiger partial charge in [0.25, 0.3) is 0 Å². The van der Waals surface area contributed by atoms with E-state index in [0.717, 1.165) is 37.4 Å². The number of amides is 2. The fourth-order valence-corrected chi connectivity index (χ4v) is 6.67. The SMILES string of the molecule is CN(CC1CCC(NC(=O)NCc2ccccc2)CC1)C1CCN(c2cccc3sccc23)CC1. The molecule has 2 aromatic carbocycles. The molecule has 2 fully saturated rings. The van der Waals surface area contributed by atoms with E-state index < -0.39 is 0 Å². The Kier molecular flexibility index (Phi) is 7.89. The molecule has 186 valence electrons. The molecule has 0 atom stereocenters. The Bertz CT molecular complexity index is 1080. The number of nitrogens with one attached hydrogen (secondary N) is 2. The van der Waals surface area contributed by atoms with Crippen LogP contribution in [-0.4, -0.2) is 49.7 Å². The monoisotopic (exact) mass is 490 g/mol. The van der Waals surface area contributed by atoms with Gasteiger partial charge in [-0.1, -0.05) is 36.4 Å². The first kappa shape index (κ1) is 24.1. The lowest BCUT2D eigenvalue weighted by Crippen LogP contribution is -2.46. The van der Waals surface area contributed by atoms with Crippen LogP contribution in [0, 0.1) is 5.92 Å². The number of carbonyl (C=O) groups is 1. The molecule has 1 saturated carbocycles. The quantitative estimate of drug-likeness (QED) is 0.436. The summed E-state index contributed by atoms with van der Waals surface area (Å²) >= 11 is 1.83. The molecular formula is C29H38N4OS. The van der Waals surface area contributed by atoms with Gasteiger partial charge in [-0.05, 0) is 80.6 Å². The minimum Gasteiger partial charge on any atom is -0.371 e. The van der Waals surface area contributed by atoms with Crippen molar-refractivity contribution < 1.29 is 4.79 Å². The van der Waals surface area contributed by atoms with E-state index in [0.29, 0.717) is 18.6 Å². The summed E-state index contributed by atoms with van der Waals surface area (Å²) < 4.78 is 1.39. The van der Waals surface area contributed by atoms with E-state index in [4.69, 9.17) is 0 Å². The predicted octanol–water partition coefficient (Wildman–Crippen LogP) is 5.86. The smallest absolute Gasteiger partial charge is 0.315 e. The molecule has 0 unspecified atom stereocenters. The highest BCUT2D eigenvalue weighted by atomic mass is 32.1. The fourth-order valence-electron chi connectivity index (χ4n) is 5.86. The van der Waals surface area contributed by atoms with Crippen LogP contribution < -0.4 is 15.5 Å². The third kappa shape index (κ3) is 6.17. The second-order valence-electron chi connectivity index (χ2n) is 10.3. The highest BCUT2D eigenvalue weighted by Crippen LogP contribution is 2.33. The van der Waals surface area contributed by atoms with Gasteiger partial charge in [0, 0.05) is 54.0 Å². The topological polar surface area (TPSA) is 47.6 Å². The summed E-state index contributed by atoms with van der Waals surface area (Å²) in [5, 5.41) is 9.79. The maximum atomic E-state index is 12.3. The zero-order valence-corrected chi connectivity index (χ0v) is 21.6. The molecule has 2 amide bonds. The number of nitrogens with zero attached hydrogens (tertiary/aromatic N) is 2. The molecule has 6 heteroatoms. The van der Waals surface area contributed by atoms with Gasteiger partial charge >= 0.3 is 6.03 Å². The van der Waals surface area contributed by atoms with Crippen molar-refractivity contribution in [1.82, 2.24) is 15.5 Å². The number of carbonyl (C=O) groups excluding carboxylic acids is 1. The summed E-state index contributed by atoms with van der Waals surface area (Å²) in [6.07, 6.45) is 7.03. The largest absolute Gasteiger partial charge is 0.371 e. The Labute approximate surface area is 213 Å². The predicted molar refractivity (Wildman–Crippen MR) is 147 cm³/mol. The van der Waals surface area contributed by atoms with Crippen LogP contribution in [0.4, 0.5) is 10.5 Å². The van der Waals surface area contributed by atoms with Crippen LogP contribution in [0.15, 0.2) is 60.0 Å². The van der Waals surface area contributed by atoms with Crippen molar-refractivity contribution in [2.75, 3.05) is 31.6 Å². The first-order valence-electron chi connectivity index (χ1n) is 13.2. The molecular weight excluding hydrogens is 452 g/mol. The third-order valence-electron chi connectivity index (χ3n) is 7.93. The molecule has 0 bridgehead atoms. The highest BCUT2D eigenvalue weighted by Gasteiger charge is 2.28.